The smallest absolute Gasteiger partial charge is 0.123 e. The number of ether oxygens (including phenoxy) is 2. The lowest BCUT2D eigenvalue weighted by atomic mass is 10.2. The van der Waals surface area contributed by atoms with Crippen LogP contribution >= 0.6 is 0 Å². The first-order valence-corrected chi connectivity index (χ1v) is 6.48. The van der Waals surface area contributed by atoms with Crippen LogP contribution in [0.2, 0.25) is 0 Å². The molecule has 0 atom stereocenters. The van der Waals surface area contributed by atoms with Crippen molar-refractivity contribution in [1.29, 1.82) is 0 Å². The third-order valence-electron chi connectivity index (χ3n) is 2.82. The summed E-state index contributed by atoms with van der Waals surface area (Å²) in [6, 6.07) is 14.1. The molecule has 2 aromatic carbocycles. The van der Waals surface area contributed by atoms with Crippen molar-refractivity contribution in [2.75, 3.05) is 25.6 Å². The molecule has 0 fully saturated rings. The van der Waals surface area contributed by atoms with Crippen LogP contribution in [0.5, 0.6) is 5.75 Å². The molecule has 0 radical (unpaired) electrons. The van der Waals surface area contributed by atoms with E-state index >= 15 is 0 Å². The maximum Gasteiger partial charge on any atom is 0.123 e. The SMILES string of the molecule is COc1cccc(COCCNc2ccc(F)cc2)c1. The molecule has 0 heterocycles. The van der Waals surface area contributed by atoms with Crippen molar-refractivity contribution < 1.29 is 13.9 Å². The minimum atomic E-state index is -0.232. The highest BCUT2D eigenvalue weighted by Gasteiger charge is 1.97. The Bertz CT molecular complexity index is 528. The maximum absolute atomic E-state index is 12.7. The average molecular weight is 275 g/mol. The molecule has 0 aliphatic carbocycles. The Kier molecular flexibility index (Phi) is 5.38. The van der Waals surface area contributed by atoms with Crippen molar-refractivity contribution in [3.05, 3.63) is 59.9 Å². The third kappa shape index (κ3) is 4.55. The number of methoxy groups -OCH3 is 1. The van der Waals surface area contributed by atoms with Crippen molar-refractivity contribution >= 4 is 5.69 Å². The van der Waals surface area contributed by atoms with Crippen molar-refractivity contribution in [2.24, 2.45) is 0 Å². The molecule has 4 heteroatoms. The van der Waals surface area contributed by atoms with Gasteiger partial charge in [-0.3, -0.25) is 0 Å². The summed E-state index contributed by atoms with van der Waals surface area (Å²) >= 11 is 0. The molecule has 1 N–H and O–H groups in total. The van der Waals surface area contributed by atoms with Crippen molar-refractivity contribution in [3.63, 3.8) is 0 Å². The first kappa shape index (κ1) is 14.3. The van der Waals surface area contributed by atoms with Gasteiger partial charge in [0.05, 0.1) is 20.3 Å². The van der Waals surface area contributed by atoms with Crippen molar-refractivity contribution in [1.82, 2.24) is 0 Å². The molecule has 0 spiro atoms. The number of hydrogen-bond donors (Lipinski definition) is 1. The lowest BCUT2D eigenvalue weighted by Gasteiger charge is -2.08. The predicted molar refractivity (Wildman–Crippen MR) is 77.5 cm³/mol. The third-order valence-corrected chi connectivity index (χ3v) is 2.82. The van der Waals surface area contributed by atoms with Crippen molar-refractivity contribution in [3.8, 4) is 5.75 Å². The molecule has 0 aromatic heterocycles. The van der Waals surface area contributed by atoms with Gasteiger partial charge >= 0.3 is 0 Å². The fourth-order valence-electron chi connectivity index (χ4n) is 1.79. The van der Waals surface area contributed by atoms with E-state index in [4.69, 9.17) is 9.47 Å². The monoisotopic (exact) mass is 275 g/mol. The van der Waals surface area contributed by atoms with Crippen LogP contribution < -0.4 is 10.1 Å². The molecule has 0 aliphatic heterocycles. The van der Waals surface area contributed by atoms with E-state index in [2.05, 4.69) is 5.32 Å². The van der Waals surface area contributed by atoms with E-state index in [1.54, 1.807) is 19.2 Å². The van der Waals surface area contributed by atoms with Crippen LogP contribution in [0.4, 0.5) is 10.1 Å². The van der Waals surface area contributed by atoms with E-state index in [1.807, 2.05) is 24.3 Å². The first-order valence-electron chi connectivity index (χ1n) is 6.48. The average Bonchev–Trinajstić information content (AvgIpc) is 2.49. The molecule has 106 valence electrons. The van der Waals surface area contributed by atoms with Gasteiger partial charge in [-0.05, 0) is 42.0 Å². The van der Waals surface area contributed by atoms with Crippen LogP contribution in [-0.2, 0) is 11.3 Å². The summed E-state index contributed by atoms with van der Waals surface area (Å²) in [6.07, 6.45) is 0. The lowest BCUT2D eigenvalue weighted by molar-refractivity contribution is 0.130. The van der Waals surface area contributed by atoms with Gasteiger partial charge in [0.15, 0.2) is 0 Å². The molecule has 0 amide bonds. The summed E-state index contributed by atoms with van der Waals surface area (Å²) in [7, 11) is 1.65. The fourth-order valence-corrected chi connectivity index (χ4v) is 1.79. The van der Waals surface area contributed by atoms with Gasteiger partial charge < -0.3 is 14.8 Å². The highest BCUT2D eigenvalue weighted by atomic mass is 19.1. The number of anilines is 1. The van der Waals surface area contributed by atoms with E-state index in [9.17, 15) is 4.39 Å². The van der Waals surface area contributed by atoms with Crippen LogP contribution in [0.25, 0.3) is 0 Å². The van der Waals surface area contributed by atoms with Gasteiger partial charge in [0.1, 0.15) is 11.6 Å². The summed E-state index contributed by atoms with van der Waals surface area (Å²) < 4.78 is 23.4. The maximum atomic E-state index is 12.7. The Morgan fingerprint density at radius 3 is 2.65 bits per heavy atom. The molecule has 0 saturated carbocycles. The van der Waals surface area contributed by atoms with Gasteiger partial charge in [-0.25, -0.2) is 4.39 Å². The molecule has 0 unspecified atom stereocenters. The second-order valence-electron chi connectivity index (χ2n) is 4.34. The second-order valence-corrected chi connectivity index (χ2v) is 4.34. The fraction of sp³-hybridized carbons (Fsp3) is 0.250. The van der Waals surface area contributed by atoms with E-state index in [0.29, 0.717) is 19.8 Å². The highest BCUT2D eigenvalue weighted by molar-refractivity contribution is 5.42. The van der Waals surface area contributed by atoms with Gasteiger partial charge in [0.2, 0.25) is 0 Å². The summed E-state index contributed by atoms with van der Waals surface area (Å²) in [5, 5.41) is 3.16. The summed E-state index contributed by atoms with van der Waals surface area (Å²) in [6.45, 7) is 1.80. The number of rotatable bonds is 7. The zero-order valence-corrected chi connectivity index (χ0v) is 11.4. The molecule has 0 aliphatic rings. The van der Waals surface area contributed by atoms with Crippen LogP contribution in [-0.4, -0.2) is 20.3 Å². The standard InChI is InChI=1S/C16H18FNO2/c1-19-16-4-2-3-13(11-16)12-20-10-9-18-15-7-5-14(17)6-8-15/h2-8,11,18H,9-10,12H2,1H3. The molecular formula is C16H18FNO2. The number of benzene rings is 2. The minimum Gasteiger partial charge on any atom is -0.497 e. The van der Waals surface area contributed by atoms with Gasteiger partial charge in [-0.1, -0.05) is 12.1 Å². The minimum absolute atomic E-state index is 0.232. The number of halogens is 1. The number of nitrogens with one attached hydrogen (secondary N) is 1. The van der Waals surface area contributed by atoms with Crippen LogP contribution in [0.15, 0.2) is 48.5 Å². The van der Waals surface area contributed by atoms with Gasteiger partial charge in [0.25, 0.3) is 0 Å². The van der Waals surface area contributed by atoms with Crippen LogP contribution in [0.3, 0.4) is 0 Å². The molecule has 3 nitrogen and oxygen atoms in total. The summed E-state index contributed by atoms with van der Waals surface area (Å²) in [5.41, 5.74) is 1.96. The Morgan fingerprint density at radius 2 is 1.90 bits per heavy atom. The quantitative estimate of drug-likeness (QED) is 0.785. The second kappa shape index (κ2) is 7.50. The lowest BCUT2D eigenvalue weighted by Crippen LogP contribution is -2.09. The summed E-state index contributed by atoms with van der Waals surface area (Å²) in [4.78, 5) is 0. The van der Waals surface area contributed by atoms with Gasteiger partial charge in [-0.2, -0.15) is 0 Å². The van der Waals surface area contributed by atoms with Crippen molar-refractivity contribution in [2.45, 2.75) is 6.61 Å². The topological polar surface area (TPSA) is 30.5 Å². The van der Waals surface area contributed by atoms with E-state index in [1.165, 1.54) is 12.1 Å². The van der Waals surface area contributed by atoms with Gasteiger partial charge in [-0.15, -0.1) is 0 Å². The Labute approximate surface area is 118 Å². The van der Waals surface area contributed by atoms with Gasteiger partial charge in [0, 0.05) is 12.2 Å². The van der Waals surface area contributed by atoms with E-state index < -0.39 is 0 Å². The first-order chi connectivity index (χ1) is 9.78. The Morgan fingerprint density at radius 1 is 1.10 bits per heavy atom. The molecule has 0 saturated heterocycles. The highest BCUT2D eigenvalue weighted by Crippen LogP contribution is 2.13. The Balaban J connectivity index is 1.67. The van der Waals surface area contributed by atoms with Crippen LogP contribution in [0.1, 0.15) is 5.56 Å². The normalized spacial score (nSPS) is 10.3. The molecule has 2 aromatic rings. The summed E-state index contributed by atoms with van der Waals surface area (Å²) in [5.74, 6) is 0.598. The molecule has 0 bridgehead atoms. The van der Waals surface area contributed by atoms with Crippen LogP contribution in [0, 0.1) is 5.82 Å². The zero-order chi connectivity index (χ0) is 14.2. The molecule has 20 heavy (non-hydrogen) atoms. The largest absolute Gasteiger partial charge is 0.497 e. The Hall–Kier alpha value is -2.07. The number of hydrogen-bond acceptors (Lipinski definition) is 3. The van der Waals surface area contributed by atoms with E-state index in [0.717, 1.165) is 17.0 Å². The predicted octanol–water partition coefficient (Wildman–Crippen LogP) is 3.46. The molecular weight excluding hydrogens is 257 g/mol. The molecule has 2 rings (SSSR count). The zero-order valence-electron chi connectivity index (χ0n) is 11.4. The van der Waals surface area contributed by atoms with E-state index in [-0.39, 0.29) is 5.82 Å².